The van der Waals surface area contributed by atoms with E-state index < -0.39 is 5.97 Å². The van der Waals surface area contributed by atoms with Gasteiger partial charge in [0.1, 0.15) is 0 Å². The molecule has 1 rings (SSSR count). The number of unbranched alkanes of at least 4 members (excludes halogenated alkanes) is 3. The maximum absolute atomic E-state index is 11.4. The SMILES string of the molecule is O=C(O)CCCCCCNC(=O)NCCc1ncon1. The molecule has 0 aliphatic rings. The van der Waals surface area contributed by atoms with Gasteiger partial charge in [-0.2, -0.15) is 4.98 Å². The van der Waals surface area contributed by atoms with Crippen LogP contribution in [0.15, 0.2) is 10.9 Å². The Labute approximate surface area is 116 Å². The van der Waals surface area contributed by atoms with E-state index in [9.17, 15) is 9.59 Å². The Kier molecular flexibility index (Phi) is 7.78. The number of hydrogen-bond acceptors (Lipinski definition) is 5. The minimum absolute atomic E-state index is 0.212. The van der Waals surface area contributed by atoms with Crippen molar-refractivity contribution in [2.45, 2.75) is 38.5 Å². The average Bonchev–Trinajstić information content (AvgIpc) is 2.90. The van der Waals surface area contributed by atoms with Crippen LogP contribution in [-0.2, 0) is 11.2 Å². The van der Waals surface area contributed by atoms with Gasteiger partial charge >= 0.3 is 12.0 Å². The molecule has 1 aromatic rings. The predicted molar refractivity (Wildman–Crippen MR) is 70.1 cm³/mol. The number of carboxylic acids is 1. The van der Waals surface area contributed by atoms with Crippen molar-refractivity contribution in [3.8, 4) is 0 Å². The van der Waals surface area contributed by atoms with Crippen LogP contribution in [0.3, 0.4) is 0 Å². The van der Waals surface area contributed by atoms with E-state index in [1.165, 1.54) is 6.39 Å². The second kappa shape index (κ2) is 9.76. The van der Waals surface area contributed by atoms with Crippen molar-refractivity contribution in [3.05, 3.63) is 12.2 Å². The Bertz CT molecular complexity index is 394. The summed E-state index contributed by atoms with van der Waals surface area (Å²) in [6, 6.07) is -0.223. The Balaban J connectivity index is 1.88. The van der Waals surface area contributed by atoms with E-state index in [2.05, 4.69) is 25.3 Å². The number of rotatable bonds is 10. The summed E-state index contributed by atoms with van der Waals surface area (Å²) in [5.41, 5.74) is 0. The molecule has 8 heteroatoms. The highest BCUT2D eigenvalue weighted by molar-refractivity contribution is 5.73. The van der Waals surface area contributed by atoms with E-state index in [0.717, 1.165) is 19.3 Å². The van der Waals surface area contributed by atoms with Gasteiger partial charge in [0.05, 0.1) is 0 Å². The number of nitrogens with one attached hydrogen (secondary N) is 2. The first-order valence-electron chi connectivity index (χ1n) is 6.67. The molecule has 0 bridgehead atoms. The van der Waals surface area contributed by atoms with E-state index in [-0.39, 0.29) is 12.5 Å². The zero-order valence-corrected chi connectivity index (χ0v) is 11.3. The van der Waals surface area contributed by atoms with Crippen LogP contribution in [0.4, 0.5) is 4.79 Å². The number of carbonyl (C=O) groups excluding carboxylic acids is 1. The first-order chi connectivity index (χ1) is 9.68. The van der Waals surface area contributed by atoms with Gasteiger partial charge in [0.15, 0.2) is 5.82 Å². The quantitative estimate of drug-likeness (QED) is 0.550. The summed E-state index contributed by atoms with van der Waals surface area (Å²) >= 11 is 0. The summed E-state index contributed by atoms with van der Waals surface area (Å²) in [5.74, 6) is -0.201. The van der Waals surface area contributed by atoms with Gasteiger partial charge in [-0.05, 0) is 12.8 Å². The summed E-state index contributed by atoms with van der Waals surface area (Å²) in [5, 5.41) is 17.5. The van der Waals surface area contributed by atoms with Crippen molar-refractivity contribution in [2.75, 3.05) is 13.1 Å². The number of carbonyl (C=O) groups is 2. The molecule has 0 aliphatic heterocycles. The lowest BCUT2D eigenvalue weighted by molar-refractivity contribution is -0.137. The van der Waals surface area contributed by atoms with Gasteiger partial charge < -0.3 is 20.3 Å². The molecule has 0 aliphatic carbocycles. The Hall–Kier alpha value is -2.12. The van der Waals surface area contributed by atoms with Gasteiger partial charge in [0, 0.05) is 25.9 Å². The van der Waals surface area contributed by atoms with Crippen LogP contribution in [0.25, 0.3) is 0 Å². The van der Waals surface area contributed by atoms with Crippen LogP contribution in [0.1, 0.15) is 37.9 Å². The number of hydrogen-bond donors (Lipinski definition) is 3. The summed E-state index contributed by atoms with van der Waals surface area (Å²) in [4.78, 5) is 25.5. The maximum Gasteiger partial charge on any atom is 0.314 e. The Morgan fingerprint density at radius 1 is 1.15 bits per heavy atom. The molecular formula is C12H20N4O4. The third kappa shape index (κ3) is 8.06. The van der Waals surface area contributed by atoms with E-state index >= 15 is 0 Å². The summed E-state index contributed by atoms with van der Waals surface area (Å²) in [7, 11) is 0. The molecule has 3 N–H and O–H groups in total. The van der Waals surface area contributed by atoms with Crippen molar-refractivity contribution in [3.63, 3.8) is 0 Å². The molecule has 112 valence electrons. The van der Waals surface area contributed by atoms with Gasteiger partial charge in [-0.25, -0.2) is 4.79 Å². The smallest absolute Gasteiger partial charge is 0.314 e. The standard InChI is InChI=1S/C12H20N4O4/c17-11(18)5-3-1-2-4-7-13-12(19)14-8-6-10-15-9-20-16-10/h9H,1-8H2,(H,17,18)(H2,13,14,19). The molecule has 1 heterocycles. The van der Waals surface area contributed by atoms with Crippen LogP contribution in [0.2, 0.25) is 0 Å². The lowest BCUT2D eigenvalue weighted by Gasteiger charge is -2.06. The second-order valence-corrected chi connectivity index (χ2v) is 4.34. The maximum atomic E-state index is 11.4. The number of nitrogens with zero attached hydrogens (tertiary/aromatic N) is 2. The molecule has 0 aromatic carbocycles. The number of aliphatic carboxylic acids is 1. The number of amides is 2. The Morgan fingerprint density at radius 3 is 2.60 bits per heavy atom. The van der Waals surface area contributed by atoms with Crippen molar-refractivity contribution in [1.29, 1.82) is 0 Å². The molecule has 0 atom stereocenters. The van der Waals surface area contributed by atoms with Crippen molar-refractivity contribution < 1.29 is 19.2 Å². The van der Waals surface area contributed by atoms with Crippen molar-refractivity contribution >= 4 is 12.0 Å². The summed E-state index contributed by atoms with van der Waals surface area (Å²) in [6.45, 7) is 1.03. The monoisotopic (exact) mass is 284 g/mol. The van der Waals surface area contributed by atoms with Gasteiger partial charge in [0.25, 0.3) is 0 Å². The molecule has 1 aromatic heterocycles. The van der Waals surface area contributed by atoms with Gasteiger partial charge in [-0.15, -0.1) is 0 Å². The largest absolute Gasteiger partial charge is 0.481 e. The third-order valence-electron chi connectivity index (χ3n) is 2.64. The topological polar surface area (TPSA) is 117 Å². The molecule has 0 saturated carbocycles. The van der Waals surface area contributed by atoms with E-state index in [1.54, 1.807) is 0 Å². The van der Waals surface area contributed by atoms with E-state index in [4.69, 9.17) is 5.11 Å². The average molecular weight is 284 g/mol. The van der Waals surface area contributed by atoms with Crippen LogP contribution >= 0.6 is 0 Å². The molecule has 2 amide bonds. The molecule has 8 nitrogen and oxygen atoms in total. The fourth-order valence-electron chi connectivity index (χ4n) is 1.61. The lowest BCUT2D eigenvalue weighted by atomic mass is 10.1. The van der Waals surface area contributed by atoms with Gasteiger partial charge in [-0.3, -0.25) is 4.79 Å². The van der Waals surface area contributed by atoms with Crippen LogP contribution in [0.5, 0.6) is 0 Å². The van der Waals surface area contributed by atoms with Crippen molar-refractivity contribution in [1.82, 2.24) is 20.8 Å². The number of carboxylic acid groups (broad SMARTS) is 1. The van der Waals surface area contributed by atoms with E-state index in [0.29, 0.717) is 31.8 Å². The normalized spacial score (nSPS) is 10.2. The summed E-state index contributed by atoms with van der Waals surface area (Å²) < 4.78 is 4.57. The van der Waals surface area contributed by atoms with E-state index in [1.807, 2.05) is 0 Å². The third-order valence-corrected chi connectivity index (χ3v) is 2.64. The Morgan fingerprint density at radius 2 is 1.90 bits per heavy atom. The van der Waals surface area contributed by atoms with Crippen LogP contribution < -0.4 is 10.6 Å². The molecule has 0 spiro atoms. The second-order valence-electron chi connectivity index (χ2n) is 4.34. The minimum Gasteiger partial charge on any atom is -0.481 e. The first kappa shape index (κ1) is 15.9. The highest BCUT2D eigenvalue weighted by atomic mass is 16.5. The number of aromatic nitrogens is 2. The van der Waals surface area contributed by atoms with Crippen molar-refractivity contribution in [2.24, 2.45) is 0 Å². The lowest BCUT2D eigenvalue weighted by Crippen LogP contribution is -2.37. The zero-order valence-electron chi connectivity index (χ0n) is 11.3. The highest BCUT2D eigenvalue weighted by Crippen LogP contribution is 2.01. The van der Waals surface area contributed by atoms with Gasteiger partial charge in [0.2, 0.25) is 6.39 Å². The van der Waals surface area contributed by atoms with Gasteiger partial charge in [-0.1, -0.05) is 18.0 Å². The molecule has 0 unspecified atom stereocenters. The minimum atomic E-state index is -0.760. The van der Waals surface area contributed by atoms with Crippen LogP contribution in [0, 0.1) is 0 Å². The summed E-state index contributed by atoms with van der Waals surface area (Å²) in [6.07, 6.45) is 5.30. The fraction of sp³-hybridized carbons (Fsp3) is 0.667. The molecular weight excluding hydrogens is 264 g/mol. The zero-order chi connectivity index (χ0) is 14.6. The molecule has 0 fully saturated rings. The predicted octanol–water partition coefficient (Wildman–Crippen LogP) is 0.946. The number of urea groups is 1. The highest BCUT2D eigenvalue weighted by Gasteiger charge is 2.02. The molecule has 0 radical (unpaired) electrons. The fourth-order valence-corrected chi connectivity index (χ4v) is 1.61. The molecule has 0 saturated heterocycles. The first-order valence-corrected chi connectivity index (χ1v) is 6.67. The van der Waals surface area contributed by atoms with Crippen LogP contribution in [-0.4, -0.2) is 40.3 Å². The molecule has 20 heavy (non-hydrogen) atoms.